The molecular weight excluding hydrogens is 346 g/mol. The number of rotatable bonds is 5. The second-order valence-electron chi connectivity index (χ2n) is 5.60. The van der Waals surface area contributed by atoms with Crippen molar-refractivity contribution in [3.05, 3.63) is 63.2 Å². The monoisotopic (exact) mass is 361 g/mol. The van der Waals surface area contributed by atoms with Gasteiger partial charge in [-0.15, -0.1) is 0 Å². The molecule has 0 radical (unpaired) electrons. The van der Waals surface area contributed by atoms with E-state index in [-0.39, 0.29) is 28.1 Å². The number of nitro groups is 1. The first-order valence-electron chi connectivity index (χ1n) is 7.44. The number of carbonyl (C=O) groups excluding carboxylic acids is 2. The average Bonchev–Trinajstić information content (AvgIpc) is 2.56. The van der Waals surface area contributed by atoms with Crippen LogP contribution >= 0.6 is 11.6 Å². The molecule has 0 aliphatic heterocycles. The Morgan fingerprint density at radius 1 is 1.04 bits per heavy atom. The van der Waals surface area contributed by atoms with Crippen LogP contribution in [0.5, 0.6) is 0 Å². The molecule has 0 aromatic heterocycles. The summed E-state index contributed by atoms with van der Waals surface area (Å²) >= 11 is 5.73. The zero-order chi connectivity index (χ0) is 18.6. The lowest BCUT2D eigenvalue weighted by molar-refractivity contribution is -0.384. The molecule has 0 aliphatic rings. The van der Waals surface area contributed by atoms with Crippen molar-refractivity contribution in [2.24, 2.45) is 5.92 Å². The summed E-state index contributed by atoms with van der Waals surface area (Å²) in [6.07, 6.45) is 0. The number of halogens is 1. The summed E-state index contributed by atoms with van der Waals surface area (Å²) in [7, 11) is 0. The van der Waals surface area contributed by atoms with Crippen LogP contribution in [0.15, 0.2) is 42.5 Å². The molecule has 0 unspecified atom stereocenters. The van der Waals surface area contributed by atoms with Crippen molar-refractivity contribution < 1.29 is 14.5 Å². The van der Waals surface area contributed by atoms with Gasteiger partial charge in [-0.2, -0.15) is 0 Å². The number of nitrogens with zero attached hydrogens (tertiary/aromatic N) is 1. The van der Waals surface area contributed by atoms with Crippen LogP contribution in [0.1, 0.15) is 24.2 Å². The van der Waals surface area contributed by atoms with Crippen molar-refractivity contribution in [2.45, 2.75) is 13.8 Å². The first kappa shape index (κ1) is 18.4. The maximum absolute atomic E-state index is 12.2. The van der Waals surface area contributed by atoms with Crippen LogP contribution in [0, 0.1) is 16.0 Å². The highest BCUT2D eigenvalue weighted by atomic mass is 35.5. The van der Waals surface area contributed by atoms with Gasteiger partial charge in [0.1, 0.15) is 5.02 Å². The van der Waals surface area contributed by atoms with E-state index in [9.17, 15) is 19.7 Å². The normalized spacial score (nSPS) is 10.4. The Balaban J connectivity index is 2.09. The van der Waals surface area contributed by atoms with E-state index in [0.29, 0.717) is 11.4 Å². The first-order chi connectivity index (χ1) is 11.8. The Morgan fingerprint density at radius 3 is 2.12 bits per heavy atom. The fourth-order valence-corrected chi connectivity index (χ4v) is 2.11. The topological polar surface area (TPSA) is 101 Å². The number of nitro benzene ring substituents is 1. The Kier molecular flexibility index (Phi) is 5.71. The van der Waals surface area contributed by atoms with Gasteiger partial charge in [-0.25, -0.2) is 0 Å². The van der Waals surface area contributed by atoms with E-state index in [2.05, 4.69) is 10.6 Å². The summed E-state index contributed by atoms with van der Waals surface area (Å²) < 4.78 is 0. The minimum Gasteiger partial charge on any atom is -0.326 e. The Morgan fingerprint density at radius 2 is 1.60 bits per heavy atom. The molecule has 2 aromatic carbocycles. The molecule has 25 heavy (non-hydrogen) atoms. The number of hydrogen-bond acceptors (Lipinski definition) is 4. The number of carbonyl (C=O) groups is 2. The van der Waals surface area contributed by atoms with Crippen LogP contribution in [-0.4, -0.2) is 16.7 Å². The molecule has 2 N–H and O–H groups in total. The van der Waals surface area contributed by atoms with Crippen molar-refractivity contribution in [2.75, 3.05) is 10.6 Å². The second-order valence-corrected chi connectivity index (χ2v) is 6.01. The molecular formula is C17H16ClN3O4. The summed E-state index contributed by atoms with van der Waals surface area (Å²) in [5.41, 5.74) is 0.887. The fraction of sp³-hybridized carbons (Fsp3) is 0.176. The first-order valence-corrected chi connectivity index (χ1v) is 7.82. The number of anilines is 2. The van der Waals surface area contributed by atoms with E-state index >= 15 is 0 Å². The minimum absolute atomic E-state index is 0.0354. The smallest absolute Gasteiger partial charge is 0.288 e. The predicted octanol–water partition coefficient (Wildman–Crippen LogP) is 4.10. The second kappa shape index (κ2) is 7.76. The van der Waals surface area contributed by atoms with Crippen molar-refractivity contribution in [3.63, 3.8) is 0 Å². The van der Waals surface area contributed by atoms with Gasteiger partial charge < -0.3 is 10.6 Å². The van der Waals surface area contributed by atoms with E-state index in [1.54, 1.807) is 38.1 Å². The van der Waals surface area contributed by atoms with Crippen molar-refractivity contribution in [3.8, 4) is 0 Å². The van der Waals surface area contributed by atoms with Crippen LogP contribution in [-0.2, 0) is 4.79 Å². The predicted molar refractivity (Wildman–Crippen MR) is 96.0 cm³/mol. The molecule has 130 valence electrons. The molecule has 8 heteroatoms. The third-order valence-electron chi connectivity index (χ3n) is 3.34. The van der Waals surface area contributed by atoms with Crippen molar-refractivity contribution >= 4 is 40.5 Å². The molecule has 7 nitrogen and oxygen atoms in total. The maximum atomic E-state index is 12.2. The Bertz CT molecular complexity index is 819. The summed E-state index contributed by atoms with van der Waals surface area (Å²) in [4.78, 5) is 34.1. The van der Waals surface area contributed by atoms with E-state index in [0.717, 1.165) is 6.07 Å². The molecule has 0 bridgehead atoms. The number of nitrogens with one attached hydrogen (secondary N) is 2. The molecule has 0 spiro atoms. The zero-order valence-corrected chi connectivity index (χ0v) is 14.3. The maximum Gasteiger partial charge on any atom is 0.288 e. The zero-order valence-electron chi connectivity index (χ0n) is 13.6. The Hall–Kier alpha value is -2.93. The van der Waals surface area contributed by atoms with Gasteiger partial charge in [-0.1, -0.05) is 25.4 Å². The highest BCUT2D eigenvalue weighted by molar-refractivity contribution is 6.32. The largest absolute Gasteiger partial charge is 0.326 e. The Labute approximate surface area is 149 Å². The molecule has 0 saturated heterocycles. The molecule has 2 rings (SSSR count). The summed E-state index contributed by atoms with van der Waals surface area (Å²) in [6.45, 7) is 3.57. The number of benzene rings is 2. The third-order valence-corrected chi connectivity index (χ3v) is 3.66. The van der Waals surface area contributed by atoms with E-state index in [1.165, 1.54) is 12.1 Å². The fourth-order valence-electron chi connectivity index (χ4n) is 1.92. The van der Waals surface area contributed by atoms with E-state index in [4.69, 9.17) is 11.6 Å². The molecule has 0 saturated carbocycles. The van der Waals surface area contributed by atoms with Gasteiger partial charge in [0.2, 0.25) is 5.91 Å². The third kappa shape index (κ3) is 4.77. The lowest BCUT2D eigenvalue weighted by Crippen LogP contribution is -2.17. The van der Waals surface area contributed by atoms with Gasteiger partial charge in [0, 0.05) is 28.9 Å². The number of amides is 2. The van der Waals surface area contributed by atoms with Crippen molar-refractivity contribution in [1.29, 1.82) is 0 Å². The molecule has 0 atom stereocenters. The van der Waals surface area contributed by atoms with Gasteiger partial charge in [0.05, 0.1) is 4.92 Å². The minimum atomic E-state index is -0.648. The standard InChI is InChI=1S/C17H16ClN3O4/c1-10(2)16(22)19-12-4-6-13(7-5-12)20-17(23)11-3-8-14(18)15(9-11)21(24)25/h3-10H,1-2H3,(H,19,22)(H,20,23). The molecule has 0 heterocycles. The van der Waals surface area contributed by atoms with Gasteiger partial charge in [-0.05, 0) is 36.4 Å². The summed E-state index contributed by atoms with van der Waals surface area (Å²) in [5, 5.41) is 16.2. The van der Waals surface area contributed by atoms with Gasteiger partial charge >= 0.3 is 0 Å². The quantitative estimate of drug-likeness (QED) is 0.618. The van der Waals surface area contributed by atoms with Crippen LogP contribution in [0.4, 0.5) is 17.1 Å². The summed E-state index contributed by atoms with van der Waals surface area (Å²) in [6, 6.07) is 10.4. The van der Waals surface area contributed by atoms with Crippen LogP contribution in [0.3, 0.4) is 0 Å². The highest BCUT2D eigenvalue weighted by Crippen LogP contribution is 2.25. The lowest BCUT2D eigenvalue weighted by atomic mass is 10.1. The molecule has 0 aliphatic carbocycles. The van der Waals surface area contributed by atoms with Crippen LogP contribution < -0.4 is 10.6 Å². The average molecular weight is 362 g/mol. The molecule has 0 fully saturated rings. The van der Waals surface area contributed by atoms with E-state index in [1.807, 2.05) is 0 Å². The molecule has 2 amide bonds. The van der Waals surface area contributed by atoms with Crippen LogP contribution in [0.2, 0.25) is 5.02 Å². The summed E-state index contributed by atoms with van der Waals surface area (Å²) in [5.74, 6) is -0.746. The van der Waals surface area contributed by atoms with Gasteiger partial charge in [0.15, 0.2) is 0 Å². The molecule has 2 aromatic rings. The van der Waals surface area contributed by atoms with Crippen LogP contribution in [0.25, 0.3) is 0 Å². The van der Waals surface area contributed by atoms with Crippen molar-refractivity contribution in [1.82, 2.24) is 0 Å². The van der Waals surface area contributed by atoms with Gasteiger partial charge in [0.25, 0.3) is 11.6 Å². The van der Waals surface area contributed by atoms with E-state index < -0.39 is 10.8 Å². The number of hydrogen-bond donors (Lipinski definition) is 2. The van der Waals surface area contributed by atoms with Gasteiger partial charge in [-0.3, -0.25) is 19.7 Å². The SMILES string of the molecule is CC(C)C(=O)Nc1ccc(NC(=O)c2ccc(Cl)c([N+](=O)[O-])c2)cc1. The highest BCUT2D eigenvalue weighted by Gasteiger charge is 2.16. The lowest BCUT2D eigenvalue weighted by Gasteiger charge is -2.09.